The molecule has 1 N–H and O–H groups in total. The number of likely N-dealkylation sites (N-methyl/N-ethyl adjacent to an activating group) is 1. The van der Waals surface area contributed by atoms with Crippen LogP contribution in [-0.2, 0) is 28.1 Å². The summed E-state index contributed by atoms with van der Waals surface area (Å²) in [5.74, 6) is -0.437. The monoisotopic (exact) mass is 524 g/mol. The molecule has 7 nitrogen and oxygen atoms in total. The number of aromatic nitrogens is 3. The molecule has 2 aromatic rings. The topological polar surface area (TPSA) is 80.5 Å². The largest absolute Gasteiger partial charge is 0.396 e. The first-order chi connectivity index (χ1) is 15.0. The second-order valence-electron chi connectivity index (χ2n) is 9.51. The number of carbonyl (C=O) groups is 1. The molecular formula is C22H30BrFN4O3Si. The van der Waals surface area contributed by atoms with Gasteiger partial charge in [0.1, 0.15) is 0 Å². The van der Waals surface area contributed by atoms with E-state index in [9.17, 15) is 4.79 Å². The highest BCUT2D eigenvalue weighted by atomic mass is 79.9. The minimum absolute atomic E-state index is 0.0121. The number of anilines is 1. The summed E-state index contributed by atoms with van der Waals surface area (Å²) in [4.78, 5) is 15.3. The van der Waals surface area contributed by atoms with Crippen molar-refractivity contribution in [2.45, 2.75) is 63.6 Å². The Morgan fingerprint density at radius 2 is 2.09 bits per heavy atom. The van der Waals surface area contributed by atoms with Crippen LogP contribution >= 0.6 is 15.9 Å². The Bertz CT molecular complexity index is 1040. The second-order valence-corrected chi connectivity index (χ2v) is 14.2. The van der Waals surface area contributed by atoms with Gasteiger partial charge in [0.2, 0.25) is 8.41 Å². The smallest absolute Gasteiger partial charge is 0.264 e. The molecule has 0 radical (unpaired) electrons. The van der Waals surface area contributed by atoms with Crippen LogP contribution in [0.4, 0.5) is 9.80 Å². The van der Waals surface area contributed by atoms with Crippen LogP contribution in [0.15, 0.2) is 22.8 Å². The van der Waals surface area contributed by atoms with E-state index in [1.807, 2.05) is 26.0 Å². The first-order valence-corrected chi connectivity index (χ1v) is 14.7. The molecule has 2 aliphatic rings. The van der Waals surface area contributed by atoms with E-state index >= 15 is 4.11 Å². The van der Waals surface area contributed by atoms with Crippen LogP contribution in [0.2, 0.25) is 18.6 Å². The normalized spacial score (nSPS) is 27.6. The molecule has 1 fully saturated rings. The molecule has 1 amide bonds. The Hall–Kier alpha value is -1.62. The zero-order valence-corrected chi connectivity index (χ0v) is 21.7. The van der Waals surface area contributed by atoms with Crippen molar-refractivity contribution < 1.29 is 18.7 Å². The third kappa shape index (κ3) is 3.65. The molecule has 3 heterocycles. The molecule has 0 aliphatic carbocycles. The van der Waals surface area contributed by atoms with Crippen molar-refractivity contribution in [2.75, 3.05) is 18.6 Å². The second kappa shape index (κ2) is 8.30. The maximum atomic E-state index is 15.7. The van der Waals surface area contributed by atoms with Crippen LogP contribution < -0.4 is 4.90 Å². The number of ether oxygens (including phenoxy) is 1. The summed E-state index contributed by atoms with van der Waals surface area (Å²) in [5.41, 5.74) is 1.82. The van der Waals surface area contributed by atoms with E-state index in [2.05, 4.69) is 26.2 Å². The fraction of sp³-hybridized carbons (Fsp3) is 0.591. The van der Waals surface area contributed by atoms with Crippen LogP contribution in [0.25, 0.3) is 0 Å². The molecular weight excluding hydrogens is 495 g/mol. The highest BCUT2D eigenvalue weighted by Gasteiger charge is 2.66. The fourth-order valence-corrected chi connectivity index (χ4v) is 8.97. The Morgan fingerprint density at radius 1 is 1.38 bits per heavy atom. The summed E-state index contributed by atoms with van der Waals surface area (Å²) in [6.07, 6.45) is 2.35. The van der Waals surface area contributed by atoms with Gasteiger partial charge in [-0.15, -0.1) is 5.10 Å². The first kappa shape index (κ1) is 23.5. The van der Waals surface area contributed by atoms with E-state index in [1.54, 1.807) is 35.9 Å². The standard InChI is InChI=1S/C22H30BrFN4O3Si/c1-13-10-16-19(17(23)11-13)27(3)21(30)22(16)14(2)20(32(4,5)24)18(31-22)6-8-28-12-15(7-9-29)25-26-28/h10-12,14,18,20,29H,6-9H2,1-5H3/t14-,18+,20-,22+/m0/s1. The van der Waals surface area contributed by atoms with Gasteiger partial charge in [-0.2, -0.15) is 0 Å². The highest BCUT2D eigenvalue weighted by Crippen LogP contribution is 2.60. The predicted molar refractivity (Wildman–Crippen MR) is 126 cm³/mol. The van der Waals surface area contributed by atoms with Gasteiger partial charge in [-0.25, -0.2) is 0 Å². The number of aryl methyl sites for hydroxylation is 2. The SMILES string of the molecule is Cc1cc(Br)c2c(c1)[C@@]1(O[C@H](CCn3cc(CCO)nn3)[C@@H]([Si](C)(C)F)[C@@H]1C)C(=O)N2C. The molecule has 32 heavy (non-hydrogen) atoms. The number of rotatable bonds is 6. The van der Waals surface area contributed by atoms with Crippen molar-refractivity contribution in [3.8, 4) is 0 Å². The minimum atomic E-state index is -3.18. The number of benzene rings is 1. The van der Waals surface area contributed by atoms with E-state index in [1.165, 1.54) is 0 Å². The Morgan fingerprint density at radius 3 is 2.75 bits per heavy atom. The third-order valence-corrected chi connectivity index (χ3v) is 9.93. The summed E-state index contributed by atoms with van der Waals surface area (Å²) in [5, 5.41) is 17.3. The lowest BCUT2D eigenvalue weighted by atomic mass is 9.82. The summed E-state index contributed by atoms with van der Waals surface area (Å²) < 4.78 is 24.9. The zero-order valence-electron chi connectivity index (χ0n) is 19.1. The molecule has 2 aliphatic heterocycles. The van der Waals surface area contributed by atoms with Crippen LogP contribution in [0.1, 0.15) is 30.2 Å². The number of hydrogen-bond acceptors (Lipinski definition) is 5. The molecule has 1 aromatic heterocycles. The van der Waals surface area contributed by atoms with Gasteiger partial charge in [-0.05, 0) is 54.0 Å². The maximum absolute atomic E-state index is 15.7. The van der Waals surface area contributed by atoms with Gasteiger partial charge >= 0.3 is 0 Å². The van der Waals surface area contributed by atoms with Gasteiger partial charge < -0.3 is 18.9 Å². The minimum Gasteiger partial charge on any atom is -0.396 e. The predicted octanol–water partition coefficient (Wildman–Crippen LogP) is 3.73. The van der Waals surface area contributed by atoms with E-state index in [-0.39, 0.29) is 24.0 Å². The Balaban J connectivity index is 1.70. The van der Waals surface area contributed by atoms with Crippen LogP contribution in [0.3, 0.4) is 0 Å². The summed E-state index contributed by atoms with van der Waals surface area (Å²) >= 11 is 3.61. The van der Waals surface area contributed by atoms with Crippen molar-refractivity contribution in [2.24, 2.45) is 5.92 Å². The maximum Gasteiger partial charge on any atom is 0.264 e. The number of aliphatic hydroxyl groups is 1. The average molecular weight is 525 g/mol. The van der Waals surface area contributed by atoms with E-state index in [4.69, 9.17) is 9.84 Å². The zero-order chi connectivity index (χ0) is 23.4. The number of aliphatic hydroxyl groups excluding tert-OH is 1. The van der Waals surface area contributed by atoms with Crippen molar-refractivity contribution >= 4 is 35.9 Å². The van der Waals surface area contributed by atoms with Crippen LogP contribution in [0.5, 0.6) is 0 Å². The molecule has 10 heteroatoms. The van der Waals surface area contributed by atoms with Crippen molar-refractivity contribution in [1.82, 2.24) is 15.0 Å². The van der Waals surface area contributed by atoms with Crippen LogP contribution in [-0.4, -0.2) is 54.2 Å². The number of hydrogen-bond donors (Lipinski definition) is 1. The summed E-state index contributed by atoms with van der Waals surface area (Å²) in [7, 11) is -1.42. The molecule has 0 bridgehead atoms. The van der Waals surface area contributed by atoms with E-state index < -0.39 is 20.1 Å². The van der Waals surface area contributed by atoms with Gasteiger partial charge in [-0.3, -0.25) is 9.48 Å². The molecule has 4 atom stereocenters. The number of carbonyl (C=O) groups excluding carboxylic acids is 1. The molecule has 174 valence electrons. The number of nitrogens with zero attached hydrogens (tertiary/aromatic N) is 4. The van der Waals surface area contributed by atoms with Gasteiger partial charge in [0.05, 0.1) is 17.5 Å². The number of fused-ring (bicyclic) bond motifs is 2. The van der Waals surface area contributed by atoms with E-state index in [0.717, 1.165) is 21.3 Å². The van der Waals surface area contributed by atoms with Gasteiger partial charge in [0.15, 0.2) is 5.60 Å². The molecule has 1 aromatic carbocycles. The quantitative estimate of drug-likeness (QED) is 0.460. The van der Waals surface area contributed by atoms with Gasteiger partial charge in [-0.1, -0.05) is 18.2 Å². The fourth-order valence-electron chi connectivity index (χ4n) is 5.58. The lowest BCUT2D eigenvalue weighted by Gasteiger charge is -2.31. The number of amides is 1. The lowest BCUT2D eigenvalue weighted by Crippen LogP contribution is -2.44. The molecule has 0 saturated carbocycles. The van der Waals surface area contributed by atoms with Crippen molar-refractivity contribution in [1.29, 1.82) is 0 Å². The first-order valence-electron chi connectivity index (χ1n) is 11.0. The van der Waals surface area contributed by atoms with Crippen molar-refractivity contribution in [3.63, 3.8) is 0 Å². The Labute approximate surface area is 197 Å². The number of halogens is 2. The summed E-state index contributed by atoms with van der Waals surface area (Å²) in [6, 6.07) is 3.99. The van der Waals surface area contributed by atoms with Crippen LogP contribution in [0, 0.1) is 12.8 Å². The lowest BCUT2D eigenvalue weighted by molar-refractivity contribution is -0.145. The van der Waals surface area contributed by atoms with Gasteiger partial charge in [0.25, 0.3) is 5.91 Å². The highest BCUT2D eigenvalue weighted by molar-refractivity contribution is 9.10. The molecule has 4 rings (SSSR count). The Kier molecular flexibility index (Phi) is 6.11. The molecule has 0 unspecified atom stereocenters. The third-order valence-electron chi connectivity index (χ3n) is 6.87. The van der Waals surface area contributed by atoms with Crippen molar-refractivity contribution in [3.05, 3.63) is 39.6 Å². The summed E-state index contributed by atoms with van der Waals surface area (Å²) in [6.45, 7) is 7.87. The molecule has 1 spiro atoms. The molecule has 1 saturated heterocycles. The average Bonchev–Trinajstić information content (AvgIpc) is 3.32. The van der Waals surface area contributed by atoms with E-state index in [0.29, 0.717) is 25.1 Å². The van der Waals surface area contributed by atoms with Gasteiger partial charge in [0, 0.05) is 54.3 Å².